The summed E-state index contributed by atoms with van der Waals surface area (Å²) in [5.74, 6) is 0.365. The van der Waals surface area contributed by atoms with Crippen LogP contribution in [0.25, 0.3) is 10.9 Å². The highest BCUT2D eigenvalue weighted by molar-refractivity contribution is 6.31. The zero-order valence-corrected chi connectivity index (χ0v) is 10.6. The number of amides is 1. The Morgan fingerprint density at radius 1 is 1.41 bits per heavy atom. The third-order valence-corrected chi connectivity index (χ3v) is 2.73. The molecule has 0 aliphatic heterocycles. The SMILES string of the molecule is CC(C)CNC(=O)c1cc2cc(Cl)ccc2[nH]1. The fraction of sp³-hybridized carbons (Fsp3) is 0.308. The first-order chi connectivity index (χ1) is 8.06. The van der Waals surface area contributed by atoms with Crippen molar-refractivity contribution in [2.24, 2.45) is 5.92 Å². The highest BCUT2D eigenvalue weighted by atomic mass is 35.5. The number of hydrogen-bond donors (Lipinski definition) is 2. The molecular formula is C13H15ClN2O. The lowest BCUT2D eigenvalue weighted by molar-refractivity contribution is 0.0945. The number of hydrogen-bond acceptors (Lipinski definition) is 1. The van der Waals surface area contributed by atoms with E-state index < -0.39 is 0 Å². The molecule has 2 rings (SSSR count). The number of nitrogens with one attached hydrogen (secondary N) is 2. The molecule has 17 heavy (non-hydrogen) atoms. The first-order valence-corrected chi connectivity index (χ1v) is 6.00. The molecule has 1 aromatic carbocycles. The van der Waals surface area contributed by atoms with Crippen molar-refractivity contribution < 1.29 is 4.79 Å². The molecule has 0 fully saturated rings. The largest absolute Gasteiger partial charge is 0.351 e. The number of fused-ring (bicyclic) bond motifs is 1. The van der Waals surface area contributed by atoms with Crippen LogP contribution < -0.4 is 5.32 Å². The molecule has 1 aromatic heterocycles. The lowest BCUT2D eigenvalue weighted by Crippen LogP contribution is -2.27. The predicted molar refractivity (Wildman–Crippen MR) is 70.5 cm³/mol. The smallest absolute Gasteiger partial charge is 0.267 e. The Balaban J connectivity index is 2.21. The third-order valence-electron chi connectivity index (χ3n) is 2.50. The molecule has 4 heteroatoms. The Kier molecular flexibility index (Phi) is 3.38. The maximum absolute atomic E-state index is 11.8. The van der Waals surface area contributed by atoms with Gasteiger partial charge in [-0.2, -0.15) is 0 Å². The van der Waals surface area contributed by atoms with Gasteiger partial charge in [-0.1, -0.05) is 25.4 Å². The van der Waals surface area contributed by atoms with Crippen LogP contribution in [-0.2, 0) is 0 Å². The molecule has 2 aromatic rings. The van der Waals surface area contributed by atoms with E-state index >= 15 is 0 Å². The van der Waals surface area contributed by atoms with Crippen molar-refractivity contribution in [2.45, 2.75) is 13.8 Å². The molecule has 0 aliphatic rings. The van der Waals surface area contributed by atoms with Gasteiger partial charge in [-0.15, -0.1) is 0 Å². The quantitative estimate of drug-likeness (QED) is 0.863. The maximum atomic E-state index is 11.8. The van der Waals surface area contributed by atoms with Crippen LogP contribution in [0.3, 0.4) is 0 Å². The third kappa shape index (κ3) is 2.80. The predicted octanol–water partition coefficient (Wildman–Crippen LogP) is 3.21. The number of carbonyl (C=O) groups excluding carboxylic acids is 1. The minimum absolute atomic E-state index is 0.0778. The van der Waals surface area contributed by atoms with Crippen molar-refractivity contribution in [1.82, 2.24) is 10.3 Å². The van der Waals surface area contributed by atoms with E-state index in [-0.39, 0.29) is 5.91 Å². The lowest BCUT2D eigenvalue weighted by Gasteiger charge is -2.05. The van der Waals surface area contributed by atoms with E-state index in [0.717, 1.165) is 10.9 Å². The van der Waals surface area contributed by atoms with E-state index in [1.54, 1.807) is 6.07 Å². The normalized spacial score (nSPS) is 11.1. The van der Waals surface area contributed by atoms with Gasteiger partial charge in [0.2, 0.25) is 0 Å². The van der Waals surface area contributed by atoms with Crippen LogP contribution in [0.5, 0.6) is 0 Å². The van der Waals surface area contributed by atoms with Gasteiger partial charge in [0.25, 0.3) is 5.91 Å². The zero-order chi connectivity index (χ0) is 12.4. The van der Waals surface area contributed by atoms with Crippen LogP contribution in [0, 0.1) is 5.92 Å². The molecule has 2 N–H and O–H groups in total. The molecule has 0 unspecified atom stereocenters. The average Bonchev–Trinajstić information content (AvgIpc) is 2.68. The summed E-state index contributed by atoms with van der Waals surface area (Å²) in [6.07, 6.45) is 0. The monoisotopic (exact) mass is 250 g/mol. The van der Waals surface area contributed by atoms with E-state index in [2.05, 4.69) is 24.1 Å². The fourth-order valence-electron chi connectivity index (χ4n) is 1.62. The van der Waals surface area contributed by atoms with Crippen molar-refractivity contribution >= 4 is 28.4 Å². The van der Waals surface area contributed by atoms with Gasteiger partial charge >= 0.3 is 0 Å². The highest BCUT2D eigenvalue weighted by Gasteiger charge is 2.09. The summed E-state index contributed by atoms with van der Waals surface area (Å²) in [5.41, 5.74) is 1.49. The zero-order valence-electron chi connectivity index (χ0n) is 9.88. The van der Waals surface area contributed by atoms with E-state index in [4.69, 9.17) is 11.6 Å². The van der Waals surface area contributed by atoms with E-state index in [1.165, 1.54) is 0 Å². The number of halogens is 1. The van der Waals surface area contributed by atoms with Crippen molar-refractivity contribution in [3.63, 3.8) is 0 Å². The number of benzene rings is 1. The van der Waals surface area contributed by atoms with Crippen LogP contribution in [-0.4, -0.2) is 17.4 Å². The lowest BCUT2D eigenvalue weighted by atomic mass is 10.2. The Morgan fingerprint density at radius 3 is 2.88 bits per heavy atom. The van der Waals surface area contributed by atoms with Crippen molar-refractivity contribution in [3.05, 3.63) is 35.0 Å². The molecule has 0 saturated heterocycles. The molecule has 3 nitrogen and oxygen atoms in total. The molecule has 1 heterocycles. The molecule has 0 spiro atoms. The van der Waals surface area contributed by atoms with Crippen molar-refractivity contribution in [3.8, 4) is 0 Å². The topological polar surface area (TPSA) is 44.9 Å². The Bertz CT molecular complexity index is 545. The Hall–Kier alpha value is -1.48. The number of H-pyrrole nitrogens is 1. The molecule has 0 atom stereocenters. The van der Waals surface area contributed by atoms with Crippen LogP contribution in [0.1, 0.15) is 24.3 Å². The van der Waals surface area contributed by atoms with E-state index in [0.29, 0.717) is 23.2 Å². The van der Waals surface area contributed by atoms with Gasteiger partial charge < -0.3 is 10.3 Å². The molecule has 0 radical (unpaired) electrons. The molecular weight excluding hydrogens is 236 g/mol. The first-order valence-electron chi connectivity index (χ1n) is 5.62. The van der Waals surface area contributed by atoms with Crippen LogP contribution in [0.15, 0.2) is 24.3 Å². The van der Waals surface area contributed by atoms with Gasteiger partial charge in [0.1, 0.15) is 5.69 Å². The Morgan fingerprint density at radius 2 is 2.18 bits per heavy atom. The van der Waals surface area contributed by atoms with Crippen LogP contribution in [0.2, 0.25) is 5.02 Å². The van der Waals surface area contributed by atoms with Gasteiger partial charge in [-0.05, 0) is 30.2 Å². The number of aromatic nitrogens is 1. The summed E-state index contributed by atoms with van der Waals surface area (Å²) in [6, 6.07) is 7.33. The average molecular weight is 251 g/mol. The molecule has 1 amide bonds. The van der Waals surface area contributed by atoms with Gasteiger partial charge in [0.05, 0.1) is 0 Å². The summed E-state index contributed by atoms with van der Waals surface area (Å²) < 4.78 is 0. The minimum atomic E-state index is -0.0778. The number of carbonyl (C=O) groups is 1. The minimum Gasteiger partial charge on any atom is -0.351 e. The van der Waals surface area contributed by atoms with Gasteiger partial charge in [-0.25, -0.2) is 0 Å². The van der Waals surface area contributed by atoms with Gasteiger partial charge in [0.15, 0.2) is 0 Å². The van der Waals surface area contributed by atoms with Gasteiger partial charge in [0, 0.05) is 22.5 Å². The molecule has 0 bridgehead atoms. The molecule has 0 aliphatic carbocycles. The molecule has 0 saturated carbocycles. The first kappa shape index (κ1) is 12.0. The second-order valence-electron chi connectivity index (χ2n) is 4.52. The van der Waals surface area contributed by atoms with Crippen LogP contribution >= 0.6 is 11.6 Å². The van der Waals surface area contributed by atoms with E-state index in [9.17, 15) is 4.79 Å². The summed E-state index contributed by atoms with van der Waals surface area (Å²) in [6.45, 7) is 4.80. The highest BCUT2D eigenvalue weighted by Crippen LogP contribution is 2.19. The summed E-state index contributed by atoms with van der Waals surface area (Å²) in [5, 5.41) is 4.49. The second-order valence-corrected chi connectivity index (χ2v) is 4.95. The number of aromatic amines is 1. The molecule has 90 valence electrons. The van der Waals surface area contributed by atoms with Crippen LogP contribution in [0.4, 0.5) is 0 Å². The standard InChI is InChI=1S/C13H15ClN2O/c1-8(2)7-15-13(17)12-6-9-5-10(14)3-4-11(9)16-12/h3-6,8,16H,7H2,1-2H3,(H,15,17). The summed E-state index contributed by atoms with van der Waals surface area (Å²) >= 11 is 5.90. The second kappa shape index (κ2) is 4.80. The Labute approximate surface area is 105 Å². The van der Waals surface area contributed by atoms with Crippen molar-refractivity contribution in [2.75, 3.05) is 6.54 Å². The summed E-state index contributed by atoms with van der Waals surface area (Å²) in [7, 11) is 0. The van der Waals surface area contributed by atoms with Gasteiger partial charge in [-0.3, -0.25) is 4.79 Å². The van der Waals surface area contributed by atoms with Crippen molar-refractivity contribution in [1.29, 1.82) is 0 Å². The van der Waals surface area contributed by atoms with E-state index in [1.807, 2.05) is 18.2 Å². The maximum Gasteiger partial charge on any atom is 0.267 e. The number of rotatable bonds is 3. The fourth-order valence-corrected chi connectivity index (χ4v) is 1.80. The summed E-state index contributed by atoms with van der Waals surface area (Å²) in [4.78, 5) is 14.9.